The van der Waals surface area contributed by atoms with Crippen molar-refractivity contribution in [2.75, 3.05) is 13.2 Å². The van der Waals surface area contributed by atoms with Crippen molar-refractivity contribution in [1.82, 2.24) is 14.8 Å². The van der Waals surface area contributed by atoms with E-state index in [1.165, 1.54) is 12.8 Å². The number of rotatable bonds is 7. The Balaban J connectivity index is 1.49. The van der Waals surface area contributed by atoms with E-state index in [9.17, 15) is 4.79 Å². The summed E-state index contributed by atoms with van der Waals surface area (Å²) >= 11 is 0. The van der Waals surface area contributed by atoms with Crippen LogP contribution < -0.4 is 0 Å². The van der Waals surface area contributed by atoms with Crippen LogP contribution in [0.2, 0.25) is 0 Å². The lowest BCUT2D eigenvalue weighted by Crippen LogP contribution is -2.02. The number of fused-ring (bicyclic) bond motifs is 1. The van der Waals surface area contributed by atoms with Crippen LogP contribution >= 0.6 is 0 Å². The van der Waals surface area contributed by atoms with Crippen molar-refractivity contribution in [2.45, 2.75) is 19.3 Å². The molecule has 25 heavy (non-hydrogen) atoms. The first-order valence-electron chi connectivity index (χ1n) is 8.45. The number of pyridine rings is 1. The molecule has 6 nitrogen and oxygen atoms in total. The van der Waals surface area contributed by atoms with E-state index in [1.807, 2.05) is 6.20 Å². The molecule has 0 amide bonds. The summed E-state index contributed by atoms with van der Waals surface area (Å²) in [7, 11) is 0. The van der Waals surface area contributed by atoms with E-state index < -0.39 is 5.97 Å². The standard InChI is InChI=1S/C19H19N3O3/c23-19(24)15-3-5-17(6-4-15)22-18-16(11-21-22)9-14(10-20-18)7-8-25-12-13-1-2-13/h3-6,9-11,13H,1-2,7-8,12H2,(H,23,24). The molecular weight excluding hydrogens is 318 g/mol. The molecule has 1 fully saturated rings. The Morgan fingerprint density at radius 3 is 2.76 bits per heavy atom. The molecule has 128 valence electrons. The maximum absolute atomic E-state index is 11.0. The Morgan fingerprint density at radius 1 is 1.24 bits per heavy atom. The third-order valence-electron chi connectivity index (χ3n) is 4.41. The monoisotopic (exact) mass is 337 g/mol. The number of aromatic nitrogens is 3. The summed E-state index contributed by atoms with van der Waals surface area (Å²) in [6.07, 6.45) is 7.09. The van der Waals surface area contributed by atoms with Crippen LogP contribution in [-0.2, 0) is 11.2 Å². The minimum atomic E-state index is -0.941. The molecule has 0 aliphatic heterocycles. The van der Waals surface area contributed by atoms with Gasteiger partial charge in [0.25, 0.3) is 0 Å². The molecule has 6 heteroatoms. The maximum Gasteiger partial charge on any atom is 0.335 e. The molecule has 0 bridgehead atoms. The molecule has 1 N–H and O–H groups in total. The second-order valence-corrected chi connectivity index (χ2v) is 6.43. The third kappa shape index (κ3) is 3.53. The highest BCUT2D eigenvalue weighted by Gasteiger charge is 2.20. The van der Waals surface area contributed by atoms with Gasteiger partial charge in [0.2, 0.25) is 0 Å². The Bertz CT molecular complexity index is 898. The molecule has 1 aromatic carbocycles. The maximum atomic E-state index is 11.0. The number of carboxylic acids is 1. The van der Waals surface area contributed by atoms with Crippen LogP contribution in [0.5, 0.6) is 0 Å². The van der Waals surface area contributed by atoms with Gasteiger partial charge in [-0.3, -0.25) is 0 Å². The van der Waals surface area contributed by atoms with Gasteiger partial charge in [-0.1, -0.05) is 0 Å². The molecule has 0 unspecified atom stereocenters. The largest absolute Gasteiger partial charge is 0.478 e. The fourth-order valence-corrected chi connectivity index (χ4v) is 2.76. The summed E-state index contributed by atoms with van der Waals surface area (Å²) in [5.74, 6) is -0.158. The molecule has 2 aromatic heterocycles. The van der Waals surface area contributed by atoms with E-state index in [1.54, 1.807) is 35.1 Å². The Hall–Kier alpha value is -2.73. The molecule has 0 atom stereocenters. The van der Waals surface area contributed by atoms with Crippen molar-refractivity contribution < 1.29 is 14.6 Å². The molecule has 0 radical (unpaired) electrons. The quantitative estimate of drug-likeness (QED) is 0.670. The fourth-order valence-electron chi connectivity index (χ4n) is 2.76. The zero-order chi connectivity index (χ0) is 17.2. The molecule has 1 aliphatic carbocycles. The van der Waals surface area contributed by atoms with E-state index in [2.05, 4.69) is 16.1 Å². The summed E-state index contributed by atoms with van der Waals surface area (Å²) in [6, 6.07) is 8.68. The minimum Gasteiger partial charge on any atom is -0.478 e. The van der Waals surface area contributed by atoms with Crippen LogP contribution in [-0.4, -0.2) is 39.1 Å². The molecule has 2 heterocycles. The Kier molecular flexibility index (Phi) is 4.19. The summed E-state index contributed by atoms with van der Waals surface area (Å²) in [5, 5.41) is 14.3. The van der Waals surface area contributed by atoms with Gasteiger partial charge >= 0.3 is 5.97 Å². The van der Waals surface area contributed by atoms with E-state index in [0.29, 0.717) is 6.61 Å². The van der Waals surface area contributed by atoms with Crippen LogP contribution in [0.3, 0.4) is 0 Å². The number of carbonyl (C=O) groups is 1. The third-order valence-corrected chi connectivity index (χ3v) is 4.41. The molecule has 0 saturated heterocycles. The molecule has 3 aromatic rings. The van der Waals surface area contributed by atoms with E-state index >= 15 is 0 Å². The summed E-state index contributed by atoms with van der Waals surface area (Å²) in [6.45, 7) is 1.59. The number of hydrogen-bond acceptors (Lipinski definition) is 4. The van der Waals surface area contributed by atoms with Crippen LogP contribution in [0, 0.1) is 5.92 Å². The predicted molar refractivity (Wildman–Crippen MR) is 93.1 cm³/mol. The van der Waals surface area contributed by atoms with Crippen molar-refractivity contribution in [3.8, 4) is 5.69 Å². The van der Waals surface area contributed by atoms with Crippen molar-refractivity contribution in [3.63, 3.8) is 0 Å². The zero-order valence-electron chi connectivity index (χ0n) is 13.8. The highest BCUT2D eigenvalue weighted by molar-refractivity contribution is 5.87. The lowest BCUT2D eigenvalue weighted by Gasteiger charge is -2.05. The first kappa shape index (κ1) is 15.8. The Labute approximate surface area is 145 Å². The average Bonchev–Trinajstić information content (AvgIpc) is 3.36. The topological polar surface area (TPSA) is 77.2 Å². The van der Waals surface area contributed by atoms with Crippen molar-refractivity contribution >= 4 is 17.0 Å². The summed E-state index contributed by atoms with van der Waals surface area (Å²) in [4.78, 5) is 15.5. The molecule has 1 aliphatic rings. The smallest absolute Gasteiger partial charge is 0.335 e. The second kappa shape index (κ2) is 6.64. The number of nitrogens with zero attached hydrogens (tertiary/aromatic N) is 3. The SMILES string of the molecule is O=C(O)c1ccc(-n2ncc3cc(CCOCC4CC4)cnc32)cc1. The van der Waals surface area contributed by atoms with Gasteiger partial charge < -0.3 is 9.84 Å². The van der Waals surface area contributed by atoms with Gasteiger partial charge in [-0.25, -0.2) is 14.5 Å². The van der Waals surface area contributed by atoms with Crippen molar-refractivity contribution in [2.24, 2.45) is 5.92 Å². The fraction of sp³-hybridized carbons (Fsp3) is 0.316. The molecule has 4 rings (SSSR count). The summed E-state index contributed by atoms with van der Waals surface area (Å²) in [5.41, 5.74) is 2.92. The van der Waals surface area contributed by atoms with E-state index in [4.69, 9.17) is 9.84 Å². The van der Waals surface area contributed by atoms with Gasteiger partial charge in [0.05, 0.1) is 24.1 Å². The van der Waals surface area contributed by atoms with Gasteiger partial charge in [0.1, 0.15) is 0 Å². The van der Waals surface area contributed by atoms with Gasteiger partial charge in [-0.05, 0) is 61.1 Å². The normalized spacial score (nSPS) is 14.1. The van der Waals surface area contributed by atoms with Crippen molar-refractivity contribution in [3.05, 3.63) is 53.9 Å². The molecule has 0 spiro atoms. The number of benzene rings is 1. The van der Waals surface area contributed by atoms with Gasteiger partial charge in [-0.15, -0.1) is 0 Å². The molecular formula is C19H19N3O3. The number of hydrogen-bond donors (Lipinski definition) is 1. The van der Waals surface area contributed by atoms with Gasteiger partial charge in [-0.2, -0.15) is 5.10 Å². The molecule has 1 saturated carbocycles. The van der Waals surface area contributed by atoms with Crippen LogP contribution in [0.25, 0.3) is 16.7 Å². The second-order valence-electron chi connectivity index (χ2n) is 6.43. The number of aromatic carboxylic acids is 1. The summed E-state index contributed by atoms with van der Waals surface area (Å²) < 4.78 is 7.40. The highest BCUT2D eigenvalue weighted by atomic mass is 16.5. The highest BCUT2D eigenvalue weighted by Crippen LogP contribution is 2.28. The first-order valence-corrected chi connectivity index (χ1v) is 8.45. The minimum absolute atomic E-state index is 0.252. The first-order chi connectivity index (χ1) is 12.2. The lowest BCUT2D eigenvalue weighted by atomic mass is 10.2. The van der Waals surface area contributed by atoms with Gasteiger partial charge in [0.15, 0.2) is 5.65 Å². The van der Waals surface area contributed by atoms with Crippen LogP contribution in [0.15, 0.2) is 42.7 Å². The Morgan fingerprint density at radius 2 is 2.04 bits per heavy atom. The van der Waals surface area contributed by atoms with E-state index in [-0.39, 0.29) is 5.56 Å². The lowest BCUT2D eigenvalue weighted by molar-refractivity contribution is 0.0697. The predicted octanol–water partition coefficient (Wildman–Crippen LogP) is 3.09. The van der Waals surface area contributed by atoms with Gasteiger partial charge in [0, 0.05) is 18.2 Å². The average molecular weight is 337 g/mol. The van der Waals surface area contributed by atoms with Crippen LogP contribution in [0.4, 0.5) is 0 Å². The van der Waals surface area contributed by atoms with E-state index in [0.717, 1.165) is 41.2 Å². The number of ether oxygens (including phenoxy) is 1. The van der Waals surface area contributed by atoms with Crippen molar-refractivity contribution in [1.29, 1.82) is 0 Å². The van der Waals surface area contributed by atoms with Crippen LogP contribution in [0.1, 0.15) is 28.8 Å². The number of carboxylic acid groups (broad SMARTS) is 1. The zero-order valence-corrected chi connectivity index (χ0v) is 13.8.